The zero-order valence-corrected chi connectivity index (χ0v) is 31.1. The second-order valence-corrected chi connectivity index (χ2v) is 12.4. The van der Waals surface area contributed by atoms with Gasteiger partial charge in [0.05, 0.1) is 30.3 Å². The van der Waals surface area contributed by atoms with Gasteiger partial charge >= 0.3 is 0 Å². The van der Waals surface area contributed by atoms with Gasteiger partial charge in [0.1, 0.15) is 11.6 Å². The second kappa shape index (κ2) is 21.6. The summed E-state index contributed by atoms with van der Waals surface area (Å²) in [6.45, 7) is 11.2. The Hall–Kier alpha value is -4.52. The summed E-state index contributed by atoms with van der Waals surface area (Å²) in [6, 6.07) is 20.9. The van der Waals surface area contributed by atoms with Crippen LogP contribution in [0, 0.1) is 12.7 Å². The van der Waals surface area contributed by atoms with Crippen molar-refractivity contribution in [1.29, 1.82) is 0 Å². The molecule has 51 heavy (non-hydrogen) atoms. The molecule has 4 aromatic rings. The van der Waals surface area contributed by atoms with Gasteiger partial charge in [0, 0.05) is 58.0 Å². The van der Waals surface area contributed by atoms with E-state index in [1.54, 1.807) is 18.9 Å². The van der Waals surface area contributed by atoms with E-state index in [-0.39, 0.29) is 17.6 Å². The summed E-state index contributed by atoms with van der Waals surface area (Å²) in [4.78, 5) is 22.7. The molecule has 0 aliphatic carbocycles. The molecule has 1 aliphatic heterocycles. The van der Waals surface area contributed by atoms with Crippen molar-refractivity contribution in [2.45, 2.75) is 58.5 Å². The van der Waals surface area contributed by atoms with Crippen LogP contribution in [0.2, 0.25) is 0 Å². The van der Waals surface area contributed by atoms with Gasteiger partial charge in [-0.05, 0) is 95.6 Å². The molecule has 278 valence electrons. The van der Waals surface area contributed by atoms with E-state index < -0.39 is 0 Å². The number of hydrogen-bond acceptors (Lipinski definition) is 9. The van der Waals surface area contributed by atoms with Crippen molar-refractivity contribution in [2.75, 3.05) is 65.9 Å². The summed E-state index contributed by atoms with van der Waals surface area (Å²) in [5, 5.41) is 6.84. The largest absolute Gasteiger partial charge is 0.496 e. The summed E-state index contributed by atoms with van der Waals surface area (Å²) < 4.78 is 27.2. The summed E-state index contributed by atoms with van der Waals surface area (Å²) in [5.41, 5.74) is 9.20. The molecule has 0 saturated carbocycles. The lowest BCUT2D eigenvalue weighted by molar-refractivity contribution is 0.0778. The van der Waals surface area contributed by atoms with E-state index in [0.29, 0.717) is 37.1 Å². The van der Waals surface area contributed by atoms with Gasteiger partial charge in [-0.3, -0.25) is 4.79 Å². The second-order valence-electron chi connectivity index (χ2n) is 12.4. The zero-order valence-electron chi connectivity index (χ0n) is 31.1. The quantitative estimate of drug-likeness (QED) is 0.0642. The summed E-state index contributed by atoms with van der Waals surface area (Å²) in [6.07, 6.45) is 4.42. The fraction of sp³-hybridized carbons (Fsp3) is 0.462. The number of benzene rings is 3. The molecule has 1 amide bonds. The average Bonchev–Trinajstić information content (AvgIpc) is 3.51. The molecule has 1 aliphatic rings. The Kier molecular flexibility index (Phi) is 17.4. The van der Waals surface area contributed by atoms with Crippen LogP contribution in [0.4, 0.5) is 10.3 Å². The average molecular weight is 705 g/mol. The van der Waals surface area contributed by atoms with Gasteiger partial charge in [-0.15, -0.1) is 0 Å². The van der Waals surface area contributed by atoms with Crippen molar-refractivity contribution in [3.8, 4) is 5.75 Å². The van der Waals surface area contributed by atoms with Crippen molar-refractivity contribution in [1.82, 2.24) is 19.4 Å². The Morgan fingerprint density at radius 3 is 2.45 bits per heavy atom. The molecule has 0 radical (unpaired) electrons. The van der Waals surface area contributed by atoms with Gasteiger partial charge < -0.3 is 40.7 Å². The number of hydrogen-bond donors (Lipinski definition) is 3. The number of ether oxygens (including phenoxy) is 2. The summed E-state index contributed by atoms with van der Waals surface area (Å²) in [5.74, 6) is 5.80. The predicted molar refractivity (Wildman–Crippen MR) is 206 cm³/mol. The molecule has 1 fully saturated rings. The van der Waals surface area contributed by atoms with Gasteiger partial charge in [-0.25, -0.2) is 9.37 Å². The van der Waals surface area contributed by atoms with E-state index in [2.05, 4.69) is 49.7 Å². The number of aromatic nitrogens is 2. The maximum atomic E-state index is 13.8. The lowest BCUT2D eigenvalue weighted by atomic mass is 9.94. The van der Waals surface area contributed by atoms with Crippen LogP contribution in [0.3, 0.4) is 0 Å². The van der Waals surface area contributed by atoms with Crippen LogP contribution in [-0.4, -0.2) is 98.1 Å². The highest BCUT2D eigenvalue weighted by molar-refractivity contribution is 5.97. The number of anilines is 1. The monoisotopic (exact) mass is 704 g/mol. The number of piperidine rings is 1. The van der Waals surface area contributed by atoms with Crippen molar-refractivity contribution < 1.29 is 18.7 Å². The number of nitrogens with zero attached hydrogens (tertiary/aromatic N) is 5. The fourth-order valence-electron chi connectivity index (χ4n) is 6.24. The van der Waals surface area contributed by atoms with Crippen molar-refractivity contribution in [3.05, 3.63) is 89.2 Å². The van der Waals surface area contributed by atoms with Gasteiger partial charge in [0.25, 0.3) is 5.91 Å². The summed E-state index contributed by atoms with van der Waals surface area (Å²) >= 11 is 0. The molecule has 12 heteroatoms. The van der Waals surface area contributed by atoms with Crippen LogP contribution in [0.1, 0.15) is 60.5 Å². The molecule has 5 rings (SSSR count). The van der Waals surface area contributed by atoms with Gasteiger partial charge in [-0.1, -0.05) is 35.9 Å². The third-order valence-corrected chi connectivity index (χ3v) is 8.95. The molecule has 1 aromatic heterocycles. The number of methoxy groups -OCH3 is 1. The standard InChI is InChI=1S/C36H46FN5O3.C2H6N2.CH5N/c1-5-45-23-22-42-33-9-7-6-8-32(33)39-36(42)38-30-17-20-41(21-18-30)19-16-28(27-11-13-29(37)14-12-27)25-40(3)35(43)31-24-26(2)10-15-34(31)44-4;1-2-4-3;1-2/h6-15,24,28,30H,5,16-23,25H2,1-4H3,(H,38,39);2H,3H2,1H3;2H2,1H3/b;4-2-;. The molecule has 1 saturated heterocycles. The number of rotatable bonds is 14. The highest BCUT2D eigenvalue weighted by Crippen LogP contribution is 2.27. The number of carbonyl (C=O) groups excluding carboxylic acids is 1. The minimum atomic E-state index is -0.257. The van der Waals surface area contributed by atoms with Crippen LogP contribution in [0.15, 0.2) is 71.8 Å². The third-order valence-electron chi connectivity index (χ3n) is 8.95. The lowest BCUT2D eigenvalue weighted by Crippen LogP contribution is -2.40. The minimum Gasteiger partial charge on any atom is -0.496 e. The number of fused-ring (bicyclic) bond motifs is 1. The highest BCUT2D eigenvalue weighted by Gasteiger charge is 2.25. The smallest absolute Gasteiger partial charge is 0.257 e. The van der Waals surface area contributed by atoms with Crippen LogP contribution < -0.4 is 21.6 Å². The maximum Gasteiger partial charge on any atom is 0.257 e. The number of aryl methyl sites for hydroxylation is 1. The molecule has 1 atom stereocenters. The number of likely N-dealkylation sites (N-methyl/N-ethyl adjacent to an activating group) is 1. The number of nitrogens with two attached hydrogens (primary N) is 2. The molecular formula is C39H57FN8O3. The van der Waals surface area contributed by atoms with E-state index in [9.17, 15) is 9.18 Å². The first kappa shape index (κ1) is 40.9. The Bertz CT molecular complexity index is 1630. The minimum absolute atomic E-state index is 0.0662. The normalized spacial score (nSPS) is 14.0. The van der Waals surface area contributed by atoms with Crippen molar-refractivity contribution >= 4 is 29.1 Å². The Morgan fingerprint density at radius 2 is 1.80 bits per heavy atom. The molecule has 1 unspecified atom stereocenters. The maximum absolute atomic E-state index is 13.8. The number of imidazole rings is 1. The highest BCUT2D eigenvalue weighted by atomic mass is 19.1. The first-order chi connectivity index (χ1) is 24.8. The molecule has 2 heterocycles. The van der Waals surface area contributed by atoms with E-state index >= 15 is 0 Å². The Morgan fingerprint density at radius 1 is 1.12 bits per heavy atom. The summed E-state index contributed by atoms with van der Waals surface area (Å²) in [7, 11) is 4.92. The number of halogens is 1. The Balaban J connectivity index is 0.00000109. The van der Waals surface area contributed by atoms with Gasteiger partial charge in [-0.2, -0.15) is 5.10 Å². The number of para-hydroxylation sites is 2. The fourth-order valence-corrected chi connectivity index (χ4v) is 6.24. The first-order valence-electron chi connectivity index (χ1n) is 17.7. The number of hydrazone groups is 1. The molecule has 3 aromatic carbocycles. The molecular weight excluding hydrogens is 647 g/mol. The number of carbonyl (C=O) groups is 1. The van der Waals surface area contributed by atoms with Crippen LogP contribution in [-0.2, 0) is 11.3 Å². The number of amides is 1. The first-order valence-corrected chi connectivity index (χ1v) is 17.7. The van der Waals surface area contributed by atoms with Crippen LogP contribution >= 0.6 is 0 Å². The molecule has 0 spiro atoms. The van der Waals surface area contributed by atoms with E-state index in [1.807, 2.05) is 57.3 Å². The molecule has 5 N–H and O–H groups in total. The lowest BCUT2D eigenvalue weighted by Gasteiger charge is -2.34. The number of likely N-dealkylation sites (tertiary alicyclic amines) is 1. The van der Waals surface area contributed by atoms with Crippen LogP contribution in [0.5, 0.6) is 5.75 Å². The predicted octanol–water partition coefficient (Wildman–Crippen LogP) is 5.88. The van der Waals surface area contributed by atoms with Crippen molar-refractivity contribution in [3.63, 3.8) is 0 Å². The SMILES string of the molecule is C/C=N\N.CCOCCn1c(NC2CCN(CCC(CN(C)C(=O)c3cc(C)ccc3OC)c3ccc(F)cc3)CC2)nc2ccccc21.CN. The molecule has 11 nitrogen and oxygen atoms in total. The zero-order chi connectivity index (χ0) is 37.2. The van der Waals surface area contributed by atoms with E-state index in [4.69, 9.17) is 14.5 Å². The number of nitrogens with one attached hydrogen (secondary N) is 1. The Labute approximate surface area is 302 Å². The third kappa shape index (κ3) is 12.0. The van der Waals surface area contributed by atoms with Crippen molar-refractivity contribution in [2.24, 2.45) is 16.7 Å². The van der Waals surface area contributed by atoms with E-state index in [1.165, 1.54) is 25.4 Å². The van der Waals surface area contributed by atoms with E-state index in [0.717, 1.165) is 73.6 Å². The molecule has 0 bridgehead atoms. The topological polar surface area (TPSA) is 136 Å². The van der Waals surface area contributed by atoms with Crippen LogP contribution in [0.25, 0.3) is 11.0 Å². The van der Waals surface area contributed by atoms with Gasteiger partial charge in [0.15, 0.2) is 0 Å². The van der Waals surface area contributed by atoms with Gasteiger partial charge in [0.2, 0.25) is 5.95 Å².